The third kappa shape index (κ3) is 3.81. The van der Waals surface area contributed by atoms with E-state index >= 15 is 0 Å². The van der Waals surface area contributed by atoms with E-state index in [2.05, 4.69) is 4.99 Å². The van der Waals surface area contributed by atoms with Crippen molar-refractivity contribution >= 4 is 29.9 Å². The van der Waals surface area contributed by atoms with Gasteiger partial charge >= 0.3 is 0 Å². The number of rotatable bonds is 4. The summed E-state index contributed by atoms with van der Waals surface area (Å²) >= 11 is 0. The van der Waals surface area contributed by atoms with Gasteiger partial charge in [-0.15, -0.1) is 24.0 Å². The number of aliphatic imine (C=N–C) groups is 1. The van der Waals surface area contributed by atoms with Crippen LogP contribution in [-0.4, -0.2) is 30.0 Å². The Morgan fingerprint density at radius 3 is 2.58 bits per heavy atom. The highest BCUT2D eigenvalue weighted by Crippen LogP contribution is 2.44. The number of halogens is 2. The van der Waals surface area contributed by atoms with E-state index in [1.165, 1.54) is 6.07 Å². The summed E-state index contributed by atoms with van der Waals surface area (Å²) < 4.78 is 13.6. The molecule has 1 aliphatic rings. The normalized spacial score (nSPS) is 21.7. The maximum atomic E-state index is 13.6. The SMILES string of the molecule is CCN(CC)C(N)=NC1CC1c1ccccc1F.I. The van der Waals surface area contributed by atoms with E-state index in [1.54, 1.807) is 6.07 Å². The molecule has 2 rings (SSSR count). The van der Waals surface area contributed by atoms with Crippen molar-refractivity contribution in [2.24, 2.45) is 10.7 Å². The van der Waals surface area contributed by atoms with Crippen LogP contribution in [0.15, 0.2) is 29.3 Å². The first-order valence-corrected chi connectivity index (χ1v) is 6.50. The van der Waals surface area contributed by atoms with Gasteiger partial charge in [0.25, 0.3) is 0 Å². The van der Waals surface area contributed by atoms with Crippen LogP contribution in [0.1, 0.15) is 31.7 Å². The zero-order valence-corrected chi connectivity index (χ0v) is 13.7. The molecule has 0 heterocycles. The Hall–Kier alpha value is -0.850. The molecule has 1 aliphatic carbocycles. The van der Waals surface area contributed by atoms with Gasteiger partial charge in [-0.05, 0) is 31.9 Å². The number of benzene rings is 1. The van der Waals surface area contributed by atoms with Gasteiger partial charge in [0.05, 0.1) is 6.04 Å². The van der Waals surface area contributed by atoms with Crippen molar-refractivity contribution in [3.05, 3.63) is 35.6 Å². The molecule has 19 heavy (non-hydrogen) atoms. The molecule has 2 N–H and O–H groups in total. The van der Waals surface area contributed by atoms with Gasteiger partial charge in [0, 0.05) is 19.0 Å². The molecule has 106 valence electrons. The van der Waals surface area contributed by atoms with E-state index in [1.807, 2.05) is 30.9 Å². The summed E-state index contributed by atoms with van der Waals surface area (Å²) in [7, 11) is 0. The monoisotopic (exact) mass is 377 g/mol. The van der Waals surface area contributed by atoms with E-state index in [0.717, 1.165) is 25.1 Å². The number of nitrogens with zero attached hydrogens (tertiary/aromatic N) is 2. The van der Waals surface area contributed by atoms with Crippen LogP contribution in [-0.2, 0) is 0 Å². The molecular formula is C14H21FIN3. The lowest BCUT2D eigenvalue weighted by Gasteiger charge is -2.19. The van der Waals surface area contributed by atoms with Crippen LogP contribution in [0.5, 0.6) is 0 Å². The second-order valence-electron chi connectivity index (χ2n) is 4.59. The molecule has 1 fully saturated rings. The van der Waals surface area contributed by atoms with Crippen LogP contribution >= 0.6 is 24.0 Å². The summed E-state index contributed by atoms with van der Waals surface area (Å²) in [5, 5.41) is 0. The zero-order chi connectivity index (χ0) is 13.1. The highest BCUT2D eigenvalue weighted by molar-refractivity contribution is 14.0. The van der Waals surface area contributed by atoms with Gasteiger partial charge in [-0.1, -0.05) is 18.2 Å². The molecule has 5 heteroatoms. The predicted molar refractivity (Wildman–Crippen MR) is 87.5 cm³/mol. The van der Waals surface area contributed by atoms with Crippen molar-refractivity contribution in [3.63, 3.8) is 0 Å². The molecule has 0 aromatic heterocycles. The van der Waals surface area contributed by atoms with Crippen molar-refractivity contribution in [3.8, 4) is 0 Å². The molecule has 0 aliphatic heterocycles. The van der Waals surface area contributed by atoms with Crippen molar-refractivity contribution in [2.75, 3.05) is 13.1 Å². The third-order valence-corrected chi connectivity index (χ3v) is 3.45. The van der Waals surface area contributed by atoms with Gasteiger partial charge in [-0.2, -0.15) is 0 Å². The first-order valence-electron chi connectivity index (χ1n) is 6.50. The van der Waals surface area contributed by atoms with E-state index in [0.29, 0.717) is 5.96 Å². The van der Waals surface area contributed by atoms with Gasteiger partial charge in [0.1, 0.15) is 5.82 Å². The van der Waals surface area contributed by atoms with Crippen molar-refractivity contribution in [1.29, 1.82) is 0 Å². The fourth-order valence-corrected chi connectivity index (χ4v) is 2.23. The fourth-order valence-electron chi connectivity index (χ4n) is 2.23. The van der Waals surface area contributed by atoms with Crippen LogP contribution in [0.3, 0.4) is 0 Å². The molecule has 0 saturated heterocycles. The summed E-state index contributed by atoms with van der Waals surface area (Å²) in [6, 6.07) is 7.06. The molecule has 0 spiro atoms. The van der Waals surface area contributed by atoms with Crippen molar-refractivity contribution in [1.82, 2.24) is 4.90 Å². The minimum absolute atomic E-state index is 0. The number of guanidine groups is 1. The molecule has 2 atom stereocenters. The third-order valence-electron chi connectivity index (χ3n) is 3.45. The summed E-state index contributed by atoms with van der Waals surface area (Å²) in [6.07, 6.45) is 0.892. The van der Waals surface area contributed by atoms with Gasteiger partial charge in [0.2, 0.25) is 0 Å². The van der Waals surface area contributed by atoms with Crippen LogP contribution < -0.4 is 5.73 Å². The molecule has 0 amide bonds. The van der Waals surface area contributed by atoms with E-state index in [-0.39, 0.29) is 41.8 Å². The van der Waals surface area contributed by atoms with Gasteiger partial charge in [-0.25, -0.2) is 9.38 Å². The Labute approximate surface area is 131 Å². The second-order valence-corrected chi connectivity index (χ2v) is 4.59. The minimum atomic E-state index is -0.137. The van der Waals surface area contributed by atoms with Crippen LogP contribution in [0.4, 0.5) is 4.39 Å². The Kier molecular flexibility index (Phi) is 6.03. The lowest BCUT2D eigenvalue weighted by Crippen LogP contribution is -2.37. The van der Waals surface area contributed by atoms with E-state index in [9.17, 15) is 4.39 Å². The standard InChI is InChI=1S/C14H20FN3.HI/c1-3-18(4-2)14(16)17-13-9-11(13)10-7-5-6-8-12(10)15;/h5-8,11,13H,3-4,9H2,1-2H3,(H2,16,17);1H. The van der Waals surface area contributed by atoms with Crippen LogP contribution in [0.25, 0.3) is 0 Å². The maximum Gasteiger partial charge on any atom is 0.191 e. The average molecular weight is 377 g/mol. The summed E-state index contributed by atoms with van der Waals surface area (Å²) in [4.78, 5) is 6.49. The Balaban J connectivity index is 0.00000180. The lowest BCUT2D eigenvalue weighted by atomic mass is 10.1. The summed E-state index contributed by atoms with van der Waals surface area (Å²) in [5.41, 5.74) is 6.70. The minimum Gasteiger partial charge on any atom is -0.370 e. The Morgan fingerprint density at radius 1 is 1.37 bits per heavy atom. The molecule has 1 aromatic rings. The highest BCUT2D eigenvalue weighted by atomic mass is 127. The molecule has 0 radical (unpaired) electrons. The molecule has 0 bridgehead atoms. The lowest BCUT2D eigenvalue weighted by molar-refractivity contribution is 0.458. The van der Waals surface area contributed by atoms with Crippen molar-refractivity contribution < 1.29 is 4.39 Å². The Bertz CT molecular complexity index is 446. The Morgan fingerprint density at radius 2 is 2.00 bits per heavy atom. The average Bonchev–Trinajstić information content (AvgIpc) is 3.10. The van der Waals surface area contributed by atoms with E-state index < -0.39 is 0 Å². The summed E-state index contributed by atoms with van der Waals surface area (Å²) in [6.45, 7) is 5.80. The zero-order valence-electron chi connectivity index (χ0n) is 11.3. The van der Waals surface area contributed by atoms with Gasteiger partial charge < -0.3 is 10.6 Å². The quantitative estimate of drug-likeness (QED) is 0.498. The maximum absolute atomic E-state index is 13.6. The molecule has 1 saturated carbocycles. The predicted octanol–water partition coefficient (Wildman–Crippen LogP) is 2.96. The summed E-state index contributed by atoms with van der Waals surface area (Å²) in [5.74, 6) is 0.630. The van der Waals surface area contributed by atoms with E-state index in [4.69, 9.17) is 5.73 Å². The molecule has 3 nitrogen and oxygen atoms in total. The first kappa shape index (κ1) is 16.2. The first-order chi connectivity index (χ1) is 8.67. The smallest absolute Gasteiger partial charge is 0.191 e. The van der Waals surface area contributed by atoms with Crippen molar-refractivity contribution in [2.45, 2.75) is 32.2 Å². The molecule has 1 aromatic carbocycles. The topological polar surface area (TPSA) is 41.6 Å². The van der Waals surface area contributed by atoms with Crippen LogP contribution in [0.2, 0.25) is 0 Å². The fraction of sp³-hybridized carbons (Fsp3) is 0.500. The highest BCUT2D eigenvalue weighted by Gasteiger charge is 2.40. The van der Waals surface area contributed by atoms with Crippen LogP contribution in [0, 0.1) is 5.82 Å². The molecular weight excluding hydrogens is 356 g/mol. The number of hydrogen-bond donors (Lipinski definition) is 1. The number of hydrogen-bond acceptors (Lipinski definition) is 1. The number of nitrogens with two attached hydrogens (primary N) is 1. The largest absolute Gasteiger partial charge is 0.370 e. The second kappa shape index (κ2) is 7.07. The van der Waals surface area contributed by atoms with Gasteiger partial charge in [0.15, 0.2) is 5.96 Å². The van der Waals surface area contributed by atoms with Gasteiger partial charge in [-0.3, -0.25) is 0 Å². The molecule has 2 unspecified atom stereocenters.